The van der Waals surface area contributed by atoms with Crippen molar-refractivity contribution in [3.63, 3.8) is 0 Å². The van der Waals surface area contributed by atoms with Crippen LogP contribution < -0.4 is 10.6 Å². The average Bonchev–Trinajstić information content (AvgIpc) is 2.33. The molecule has 0 bridgehead atoms. The van der Waals surface area contributed by atoms with Gasteiger partial charge in [-0.3, -0.25) is 0 Å². The number of thiocarbonyl (C=S) groups is 1. The van der Waals surface area contributed by atoms with Crippen molar-refractivity contribution in [3.05, 3.63) is 53.1 Å². The molecule has 2 N–H and O–H groups in total. The monoisotopic (exact) mass is 307 g/mol. The predicted molar refractivity (Wildman–Crippen MR) is 78.2 cm³/mol. The van der Waals surface area contributed by atoms with Crippen molar-refractivity contribution in [1.29, 1.82) is 0 Å². The summed E-state index contributed by atoms with van der Waals surface area (Å²) in [6.45, 7) is 0. The lowest BCUT2D eigenvalue weighted by Gasteiger charge is -2.09. The normalized spacial score (nSPS) is 9.71. The van der Waals surface area contributed by atoms with E-state index in [1.165, 1.54) is 0 Å². The highest BCUT2D eigenvalue weighted by Gasteiger charge is 1.98. The number of nitrogens with one attached hydrogen (secondary N) is 2. The van der Waals surface area contributed by atoms with Gasteiger partial charge in [-0.15, -0.1) is 0 Å². The van der Waals surface area contributed by atoms with Gasteiger partial charge in [0.2, 0.25) is 0 Å². The number of aromatic nitrogens is 1. The molecule has 0 fully saturated rings. The van der Waals surface area contributed by atoms with E-state index in [4.69, 9.17) is 12.2 Å². The molecule has 5 heteroatoms. The van der Waals surface area contributed by atoms with Crippen LogP contribution in [0.3, 0.4) is 0 Å². The van der Waals surface area contributed by atoms with E-state index in [-0.39, 0.29) is 0 Å². The summed E-state index contributed by atoms with van der Waals surface area (Å²) in [5.74, 6) is 0.724. The first-order valence-electron chi connectivity index (χ1n) is 4.98. The molecule has 0 unspecified atom stereocenters. The van der Waals surface area contributed by atoms with Crippen molar-refractivity contribution >= 4 is 44.8 Å². The molecule has 0 aliphatic carbocycles. The summed E-state index contributed by atoms with van der Waals surface area (Å²) in [4.78, 5) is 4.13. The molecule has 3 nitrogen and oxygen atoms in total. The third-order valence-electron chi connectivity index (χ3n) is 2.01. The van der Waals surface area contributed by atoms with Crippen molar-refractivity contribution in [1.82, 2.24) is 4.98 Å². The summed E-state index contributed by atoms with van der Waals surface area (Å²) in [5.41, 5.74) is 0.932. The number of hydrogen-bond donors (Lipinski definition) is 2. The van der Waals surface area contributed by atoms with Gasteiger partial charge < -0.3 is 10.6 Å². The van der Waals surface area contributed by atoms with E-state index in [2.05, 4.69) is 31.5 Å². The lowest BCUT2D eigenvalue weighted by atomic mass is 10.3. The fourth-order valence-electron chi connectivity index (χ4n) is 1.25. The third-order valence-corrected chi connectivity index (χ3v) is 2.74. The largest absolute Gasteiger partial charge is 0.332 e. The minimum absolute atomic E-state index is 0.519. The van der Waals surface area contributed by atoms with Crippen LogP contribution in [0.1, 0.15) is 0 Å². The second-order valence-electron chi connectivity index (χ2n) is 3.30. The minimum Gasteiger partial charge on any atom is -0.332 e. The number of benzene rings is 1. The highest BCUT2D eigenvalue weighted by molar-refractivity contribution is 9.10. The van der Waals surface area contributed by atoms with E-state index in [0.717, 1.165) is 16.0 Å². The van der Waals surface area contributed by atoms with Crippen LogP contribution >= 0.6 is 28.1 Å². The van der Waals surface area contributed by atoms with Gasteiger partial charge in [0.05, 0.1) is 0 Å². The molecular formula is C12H10BrN3S. The molecule has 2 rings (SSSR count). The molecule has 0 saturated carbocycles. The summed E-state index contributed by atoms with van der Waals surface area (Å²) in [5, 5.41) is 6.60. The fourth-order valence-corrected chi connectivity index (χ4v) is 1.74. The molecule has 86 valence electrons. The maximum atomic E-state index is 5.18. The molecule has 1 aromatic heterocycles. The molecule has 17 heavy (non-hydrogen) atoms. The molecule has 0 aliphatic heterocycles. The Morgan fingerprint density at radius 2 is 1.82 bits per heavy atom. The van der Waals surface area contributed by atoms with Gasteiger partial charge in [0.25, 0.3) is 0 Å². The predicted octanol–water partition coefficient (Wildman–Crippen LogP) is 3.65. The number of halogens is 1. The first kappa shape index (κ1) is 12.0. The summed E-state index contributed by atoms with van der Waals surface area (Å²) in [7, 11) is 0. The van der Waals surface area contributed by atoms with Crippen LogP contribution in [0.2, 0.25) is 0 Å². The molecule has 0 atom stereocenters. The average molecular weight is 308 g/mol. The van der Waals surface area contributed by atoms with Gasteiger partial charge in [-0.05, 0) is 48.6 Å². The molecule has 2 aromatic rings. The molecule has 1 aromatic carbocycles. The molecule has 0 saturated heterocycles. The quantitative estimate of drug-likeness (QED) is 0.830. The van der Waals surface area contributed by atoms with E-state index in [9.17, 15) is 0 Å². The van der Waals surface area contributed by atoms with Gasteiger partial charge in [0.15, 0.2) is 5.11 Å². The van der Waals surface area contributed by atoms with Crippen molar-refractivity contribution in [2.24, 2.45) is 0 Å². The third kappa shape index (κ3) is 3.80. The van der Waals surface area contributed by atoms with Crippen LogP contribution in [-0.4, -0.2) is 10.1 Å². The van der Waals surface area contributed by atoms with Crippen molar-refractivity contribution in [3.8, 4) is 0 Å². The van der Waals surface area contributed by atoms with Crippen LogP contribution in [0.25, 0.3) is 0 Å². The zero-order chi connectivity index (χ0) is 12.1. The zero-order valence-electron chi connectivity index (χ0n) is 8.85. The highest BCUT2D eigenvalue weighted by Crippen LogP contribution is 2.14. The number of nitrogens with zero attached hydrogens (tertiary/aromatic N) is 1. The van der Waals surface area contributed by atoms with Crippen molar-refractivity contribution in [2.75, 3.05) is 10.6 Å². The minimum atomic E-state index is 0.519. The topological polar surface area (TPSA) is 37.0 Å². The lowest BCUT2D eigenvalue weighted by molar-refractivity contribution is 1.32. The van der Waals surface area contributed by atoms with Gasteiger partial charge in [-0.25, -0.2) is 4.98 Å². The van der Waals surface area contributed by atoms with E-state index >= 15 is 0 Å². The number of anilines is 2. The molecular weight excluding hydrogens is 298 g/mol. The van der Waals surface area contributed by atoms with E-state index in [1.807, 2.05) is 42.5 Å². The first-order valence-corrected chi connectivity index (χ1v) is 6.19. The van der Waals surface area contributed by atoms with E-state index < -0.39 is 0 Å². The molecule has 0 aliphatic rings. The molecule has 1 heterocycles. The zero-order valence-corrected chi connectivity index (χ0v) is 11.3. The fraction of sp³-hybridized carbons (Fsp3) is 0. The van der Waals surface area contributed by atoms with Crippen LogP contribution in [0.5, 0.6) is 0 Å². The Labute approximate surface area is 113 Å². The van der Waals surface area contributed by atoms with Crippen molar-refractivity contribution in [2.45, 2.75) is 0 Å². The summed E-state index contributed by atoms with van der Waals surface area (Å²) < 4.78 is 1.03. The molecule has 0 spiro atoms. The maximum Gasteiger partial charge on any atom is 0.176 e. The number of rotatable bonds is 2. The first-order chi connectivity index (χ1) is 8.24. The molecule has 0 radical (unpaired) electrons. The van der Waals surface area contributed by atoms with Crippen LogP contribution in [0, 0.1) is 0 Å². The number of hydrogen-bond acceptors (Lipinski definition) is 2. The van der Waals surface area contributed by atoms with Gasteiger partial charge in [-0.1, -0.05) is 22.0 Å². The summed E-state index contributed by atoms with van der Waals surface area (Å²) >= 11 is 8.56. The van der Waals surface area contributed by atoms with Crippen LogP contribution in [-0.2, 0) is 0 Å². The SMILES string of the molecule is S=C(Nc1ccc(Br)cc1)Nc1ccccn1. The number of pyridine rings is 1. The second kappa shape index (κ2) is 5.75. The Bertz CT molecular complexity index is 499. The smallest absolute Gasteiger partial charge is 0.176 e. The Hall–Kier alpha value is -1.46. The van der Waals surface area contributed by atoms with Gasteiger partial charge in [-0.2, -0.15) is 0 Å². The van der Waals surface area contributed by atoms with E-state index in [1.54, 1.807) is 6.20 Å². The van der Waals surface area contributed by atoms with Crippen LogP contribution in [0.4, 0.5) is 11.5 Å². The Kier molecular flexibility index (Phi) is 4.06. The van der Waals surface area contributed by atoms with E-state index in [0.29, 0.717) is 5.11 Å². The lowest BCUT2D eigenvalue weighted by Crippen LogP contribution is -2.19. The Morgan fingerprint density at radius 1 is 1.06 bits per heavy atom. The highest BCUT2D eigenvalue weighted by atomic mass is 79.9. The second-order valence-corrected chi connectivity index (χ2v) is 4.62. The maximum absolute atomic E-state index is 5.18. The van der Waals surface area contributed by atoms with Crippen molar-refractivity contribution < 1.29 is 0 Å². The van der Waals surface area contributed by atoms with Gasteiger partial charge in [0.1, 0.15) is 5.82 Å². The van der Waals surface area contributed by atoms with Crippen LogP contribution in [0.15, 0.2) is 53.1 Å². The molecule has 0 amide bonds. The Morgan fingerprint density at radius 3 is 2.47 bits per heavy atom. The van der Waals surface area contributed by atoms with Gasteiger partial charge in [0, 0.05) is 16.4 Å². The summed E-state index contributed by atoms with van der Waals surface area (Å²) in [6.07, 6.45) is 1.71. The standard InChI is InChI=1S/C12H10BrN3S/c13-9-4-6-10(7-5-9)15-12(17)16-11-3-1-2-8-14-11/h1-8H,(H2,14,15,16,17). The Balaban J connectivity index is 1.96. The van der Waals surface area contributed by atoms with Gasteiger partial charge >= 0.3 is 0 Å². The summed E-state index contributed by atoms with van der Waals surface area (Å²) in [6, 6.07) is 13.4.